The number of esters is 1. The minimum absolute atomic E-state index is 0.267. The van der Waals surface area contributed by atoms with Gasteiger partial charge in [0.15, 0.2) is 9.04 Å². The van der Waals surface area contributed by atoms with Crippen LogP contribution in [-0.2, 0) is 23.5 Å². The van der Waals surface area contributed by atoms with Crippen molar-refractivity contribution >= 4 is 27.0 Å². The summed E-state index contributed by atoms with van der Waals surface area (Å²) in [7, 11) is -1.45. The standard InChI is InChI=1S/C24H42N2O6Si/c1-22(2,3)18(32-33(10)11)14-12-13-15-16(25-21(29)31-24(7,8)9)19(27)26(15)17(14)20(28)30-23(4,5)6/h15-16,18,33H,12-13H2,1-11H3,(H,25,29)/t15-,16+,18?/m1/s1. The van der Waals surface area contributed by atoms with Gasteiger partial charge in [-0.1, -0.05) is 20.8 Å². The first kappa shape index (κ1) is 27.4. The molecule has 3 atom stereocenters. The largest absolute Gasteiger partial charge is 0.455 e. The fourth-order valence-corrected chi connectivity index (χ4v) is 5.29. The summed E-state index contributed by atoms with van der Waals surface area (Å²) in [6, 6.07) is -1.06. The van der Waals surface area contributed by atoms with Crippen LogP contribution >= 0.6 is 0 Å². The summed E-state index contributed by atoms with van der Waals surface area (Å²) < 4.78 is 17.4. The van der Waals surface area contributed by atoms with Gasteiger partial charge in [-0.2, -0.15) is 0 Å². The Morgan fingerprint density at radius 3 is 2.00 bits per heavy atom. The van der Waals surface area contributed by atoms with Crippen LogP contribution in [0.2, 0.25) is 13.1 Å². The monoisotopic (exact) mass is 482 g/mol. The van der Waals surface area contributed by atoms with E-state index in [1.165, 1.54) is 4.90 Å². The molecule has 2 aliphatic heterocycles. The maximum absolute atomic E-state index is 13.4. The number of β-lactam (4-membered cyclic amide) rings is 1. The van der Waals surface area contributed by atoms with Crippen LogP contribution in [0.3, 0.4) is 0 Å². The Balaban J connectivity index is 2.44. The fraction of sp³-hybridized carbons (Fsp3) is 0.792. The summed E-state index contributed by atoms with van der Waals surface area (Å²) in [5, 5.41) is 2.68. The molecule has 0 saturated carbocycles. The van der Waals surface area contributed by atoms with Crippen molar-refractivity contribution in [3.8, 4) is 0 Å². The summed E-state index contributed by atoms with van der Waals surface area (Å²) in [6.45, 7) is 21.1. The molecule has 0 radical (unpaired) electrons. The van der Waals surface area contributed by atoms with E-state index in [1.807, 2.05) is 0 Å². The van der Waals surface area contributed by atoms with E-state index in [4.69, 9.17) is 13.9 Å². The SMILES string of the molecule is C[SiH](C)OC(C1=C(C(=O)OC(C)(C)C)N2C(=O)[C@@H](NC(=O)OC(C)(C)C)[C@H]2CC1)C(C)(C)C. The Labute approximate surface area is 200 Å². The lowest BCUT2D eigenvalue weighted by Crippen LogP contribution is -2.72. The van der Waals surface area contributed by atoms with E-state index in [9.17, 15) is 14.4 Å². The number of carbonyl (C=O) groups excluding carboxylic acids is 3. The summed E-state index contributed by atoms with van der Waals surface area (Å²) in [5.74, 6) is -0.868. The number of hydrogen-bond acceptors (Lipinski definition) is 6. The molecular weight excluding hydrogens is 440 g/mol. The lowest BCUT2D eigenvalue weighted by Gasteiger charge is -2.52. The van der Waals surface area contributed by atoms with Crippen LogP contribution < -0.4 is 5.32 Å². The molecule has 9 heteroatoms. The number of fused-ring (bicyclic) bond motifs is 1. The van der Waals surface area contributed by atoms with Crippen molar-refractivity contribution in [1.29, 1.82) is 0 Å². The molecule has 1 N–H and O–H groups in total. The first-order valence-corrected chi connectivity index (χ1v) is 14.5. The summed E-state index contributed by atoms with van der Waals surface area (Å²) >= 11 is 0. The molecule has 2 heterocycles. The van der Waals surface area contributed by atoms with Gasteiger partial charge in [0.1, 0.15) is 22.9 Å². The highest BCUT2D eigenvalue weighted by Gasteiger charge is 2.55. The minimum Gasteiger partial charge on any atom is -0.455 e. The lowest BCUT2D eigenvalue weighted by atomic mass is 9.76. The molecule has 2 rings (SSSR count). The van der Waals surface area contributed by atoms with Gasteiger partial charge in [0.25, 0.3) is 5.91 Å². The minimum atomic E-state index is -1.45. The number of carbonyl (C=O) groups is 3. The normalized spacial score (nSPS) is 22.5. The van der Waals surface area contributed by atoms with Crippen LogP contribution in [0.15, 0.2) is 11.3 Å². The number of nitrogens with zero attached hydrogens (tertiary/aromatic N) is 1. The van der Waals surface area contributed by atoms with Gasteiger partial charge in [0.2, 0.25) is 0 Å². The highest BCUT2D eigenvalue weighted by molar-refractivity contribution is 6.48. The van der Waals surface area contributed by atoms with Crippen molar-refractivity contribution < 1.29 is 28.3 Å². The zero-order valence-corrected chi connectivity index (χ0v) is 23.3. The van der Waals surface area contributed by atoms with Crippen LogP contribution in [0.25, 0.3) is 0 Å². The predicted octanol–water partition coefficient (Wildman–Crippen LogP) is 3.89. The second-order valence-corrected chi connectivity index (χ2v) is 14.6. The number of ether oxygens (including phenoxy) is 2. The second-order valence-electron chi connectivity index (χ2n) is 12.2. The van der Waals surface area contributed by atoms with Crippen molar-refractivity contribution in [3.63, 3.8) is 0 Å². The van der Waals surface area contributed by atoms with Gasteiger partial charge in [-0.05, 0) is 78.5 Å². The zero-order valence-electron chi connectivity index (χ0n) is 22.1. The lowest BCUT2D eigenvalue weighted by molar-refractivity contribution is -0.162. The molecule has 0 aromatic rings. The third kappa shape index (κ3) is 6.82. The van der Waals surface area contributed by atoms with Gasteiger partial charge in [-0.25, -0.2) is 9.59 Å². The van der Waals surface area contributed by atoms with Crippen molar-refractivity contribution in [2.75, 3.05) is 0 Å². The average Bonchev–Trinajstić information content (AvgIpc) is 2.59. The van der Waals surface area contributed by atoms with Gasteiger partial charge in [-0.3, -0.25) is 9.69 Å². The third-order valence-electron chi connectivity index (χ3n) is 5.25. The van der Waals surface area contributed by atoms with Crippen molar-refractivity contribution in [2.45, 2.75) is 118 Å². The number of alkyl carbamates (subject to hydrolysis) is 1. The van der Waals surface area contributed by atoms with Gasteiger partial charge >= 0.3 is 12.1 Å². The fourth-order valence-electron chi connectivity index (χ4n) is 4.18. The molecule has 0 spiro atoms. The number of hydrogen-bond donors (Lipinski definition) is 1. The van der Waals surface area contributed by atoms with Gasteiger partial charge in [0, 0.05) is 0 Å². The highest BCUT2D eigenvalue weighted by atomic mass is 28.3. The molecule has 0 aromatic carbocycles. The Bertz CT molecular complexity index is 816. The van der Waals surface area contributed by atoms with Crippen molar-refractivity contribution in [2.24, 2.45) is 5.41 Å². The summed E-state index contributed by atoms with van der Waals surface area (Å²) in [6.07, 6.45) is 0.247. The van der Waals surface area contributed by atoms with Gasteiger partial charge in [-0.15, -0.1) is 0 Å². The molecular formula is C24H42N2O6Si. The molecule has 188 valence electrons. The molecule has 8 nitrogen and oxygen atoms in total. The molecule has 1 saturated heterocycles. The predicted molar refractivity (Wildman–Crippen MR) is 129 cm³/mol. The Morgan fingerprint density at radius 1 is 1.00 bits per heavy atom. The maximum atomic E-state index is 13.4. The number of amides is 2. The molecule has 2 aliphatic rings. The second kappa shape index (κ2) is 9.41. The highest BCUT2D eigenvalue weighted by Crippen LogP contribution is 2.43. The van der Waals surface area contributed by atoms with E-state index in [0.29, 0.717) is 12.8 Å². The first-order chi connectivity index (χ1) is 14.8. The maximum Gasteiger partial charge on any atom is 0.408 e. The molecule has 0 aliphatic carbocycles. The smallest absolute Gasteiger partial charge is 0.408 e. The van der Waals surface area contributed by atoms with Crippen LogP contribution in [0.4, 0.5) is 4.79 Å². The van der Waals surface area contributed by atoms with E-state index in [0.717, 1.165) is 5.57 Å². The quantitative estimate of drug-likeness (QED) is 0.363. The third-order valence-corrected chi connectivity index (χ3v) is 6.07. The van der Waals surface area contributed by atoms with Crippen LogP contribution in [0.5, 0.6) is 0 Å². The molecule has 0 aromatic heterocycles. The molecule has 0 bridgehead atoms. The Kier molecular flexibility index (Phi) is 7.80. The van der Waals surface area contributed by atoms with Crippen LogP contribution in [-0.4, -0.2) is 61.3 Å². The number of nitrogens with one attached hydrogen (secondary N) is 1. The molecule has 2 amide bonds. The summed E-state index contributed by atoms with van der Waals surface area (Å²) in [4.78, 5) is 40.3. The van der Waals surface area contributed by atoms with E-state index in [-0.39, 0.29) is 29.2 Å². The summed E-state index contributed by atoms with van der Waals surface area (Å²) in [5.41, 5.74) is -0.582. The average molecular weight is 483 g/mol. The van der Waals surface area contributed by atoms with E-state index < -0.39 is 38.3 Å². The van der Waals surface area contributed by atoms with E-state index in [1.54, 1.807) is 41.5 Å². The van der Waals surface area contributed by atoms with Crippen LogP contribution in [0, 0.1) is 5.41 Å². The molecule has 1 unspecified atom stereocenters. The Hall–Kier alpha value is -1.87. The van der Waals surface area contributed by atoms with Crippen LogP contribution in [0.1, 0.15) is 75.2 Å². The van der Waals surface area contributed by atoms with Crippen molar-refractivity contribution in [3.05, 3.63) is 11.3 Å². The van der Waals surface area contributed by atoms with Gasteiger partial charge < -0.3 is 19.2 Å². The topological polar surface area (TPSA) is 94.2 Å². The number of rotatable bonds is 5. The molecule has 1 fully saturated rings. The van der Waals surface area contributed by atoms with E-state index in [2.05, 4.69) is 39.2 Å². The zero-order chi connectivity index (χ0) is 25.5. The Morgan fingerprint density at radius 2 is 1.55 bits per heavy atom. The van der Waals surface area contributed by atoms with Crippen molar-refractivity contribution in [1.82, 2.24) is 10.2 Å². The van der Waals surface area contributed by atoms with E-state index >= 15 is 0 Å². The first-order valence-electron chi connectivity index (χ1n) is 11.8. The molecule has 33 heavy (non-hydrogen) atoms. The van der Waals surface area contributed by atoms with Gasteiger partial charge in [0.05, 0.1) is 12.1 Å².